The SMILES string of the molecule is COC(=O)c1sc(NCc2nc(C)no2)cc1N. The Bertz CT molecular complexity index is 563. The lowest BCUT2D eigenvalue weighted by Crippen LogP contribution is -2.01. The monoisotopic (exact) mass is 268 g/mol. The van der Waals surface area contributed by atoms with E-state index < -0.39 is 5.97 Å². The maximum atomic E-state index is 11.4. The molecule has 0 aliphatic carbocycles. The van der Waals surface area contributed by atoms with Gasteiger partial charge in [0.25, 0.3) is 0 Å². The number of nitrogens with zero attached hydrogens (tertiary/aromatic N) is 2. The first-order valence-electron chi connectivity index (χ1n) is 5.11. The molecule has 2 rings (SSSR count). The molecule has 0 aliphatic heterocycles. The van der Waals surface area contributed by atoms with Crippen LogP contribution in [0.25, 0.3) is 0 Å². The van der Waals surface area contributed by atoms with Crippen molar-refractivity contribution < 1.29 is 14.1 Å². The summed E-state index contributed by atoms with van der Waals surface area (Å²) < 4.78 is 9.57. The molecule has 3 N–H and O–H groups in total. The first kappa shape index (κ1) is 12.4. The summed E-state index contributed by atoms with van der Waals surface area (Å²) in [4.78, 5) is 15.8. The molecule has 0 aliphatic rings. The van der Waals surface area contributed by atoms with Crippen LogP contribution in [0.4, 0.5) is 10.7 Å². The summed E-state index contributed by atoms with van der Waals surface area (Å²) >= 11 is 1.22. The van der Waals surface area contributed by atoms with Crippen LogP contribution in [-0.4, -0.2) is 23.2 Å². The molecule has 7 nitrogen and oxygen atoms in total. The van der Waals surface area contributed by atoms with Gasteiger partial charge in [-0.05, 0) is 13.0 Å². The molecule has 0 amide bonds. The first-order chi connectivity index (χ1) is 8.60. The number of methoxy groups -OCH3 is 1. The summed E-state index contributed by atoms with van der Waals surface area (Å²) in [6.45, 7) is 2.12. The first-order valence-corrected chi connectivity index (χ1v) is 5.92. The second-order valence-electron chi connectivity index (χ2n) is 3.48. The van der Waals surface area contributed by atoms with Crippen LogP contribution in [0.15, 0.2) is 10.6 Å². The van der Waals surface area contributed by atoms with Gasteiger partial charge in [-0.15, -0.1) is 11.3 Å². The summed E-state index contributed by atoms with van der Waals surface area (Å²) in [5, 5.41) is 7.46. The van der Waals surface area contributed by atoms with Gasteiger partial charge in [0.05, 0.1) is 24.3 Å². The van der Waals surface area contributed by atoms with Crippen molar-refractivity contribution in [1.82, 2.24) is 10.1 Å². The van der Waals surface area contributed by atoms with Crippen LogP contribution in [0, 0.1) is 6.92 Å². The zero-order valence-corrected chi connectivity index (χ0v) is 10.7. The summed E-state index contributed by atoms with van der Waals surface area (Å²) in [7, 11) is 1.32. The lowest BCUT2D eigenvalue weighted by molar-refractivity contribution is 0.0607. The van der Waals surface area contributed by atoms with Crippen molar-refractivity contribution in [2.75, 3.05) is 18.2 Å². The van der Waals surface area contributed by atoms with Gasteiger partial charge in [-0.2, -0.15) is 4.98 Å². The van der Waals surface area contributed by atoms with Gasteiger partial charge in [0.15, 0.2) is 5.82 Å². The quantitative estimate of drug-likeness (QED) is 0.808. The number of anilines is 2. The molecular formula is C10H12N4O3S. The van der Waals surface area contributed by atoms with Crippen LogP contribution >= 0.6 is 11.3 Å². The Morgan fingerprint density at radius 3 is 3.06 bits per heavy atom. The standard InChI is InChI=1S/C10H12N4O3S/c1-5-13-7(17-14-5)4-12-8-3-6(11)9(18-8)10(15)16-2/h3,12H,4,11H2,1-2H3. The minimum Gasteiger partial charge on any atom is -0.465 e. The van der Waals surface area contributed by atoms with Crippen molar-refractivity contribution in [2.24, 2.45) is 0 Å². The van der Waals surface area contributed by atoms with Gasteiger partial charge in [-0.3, -0.25) is 0 Å². The Hall–Kier alpha value is -2.09. The van der Waals surface area contributed by atoms with Gasteiger partial charge in [0, 0.05) is 0 Å². The van der Waals surface area contributed by atoms with Crippen molar-refractivity contribution >= 4 is 28.0 Å². The number of hydrogen-bond acceptors (Lipinski definition) is 8. The molecule has 18 heavy (non-hydrogen) atoms. The molecule has 0 atom stereocenters. The van der Waals surface area contributed by atoms with Crippen LogP contribution < -0.4 is 11.1 Å². The molecule has 0 saturated heterocycles. The Morgan fingerprint density at radius 2 is 2.44 bits per heavy atom. The van der Waals surface area contributed by atoms with E-state index >= 15 is 0 Å². The van der Waals surface area contributed by atoms with E-state index in [0.29, 0.717) is 28.8 Å². The highest BCUT2D eigenvalue weighted by Crippen LogP contribution is 2.29. The van der Waals surface area contributed by atoms with E-state index in [1.807, 2.05) is 0 Å². The van der Waals surface area contributed by atoms with Crippen LogP contribution in [0.3, 0.4) is 0 Å². The highest BCUT2D eigenvalue weighted by atomic mass is 32.1. The van der Waals surface area contributed by atoms with Gasteiger partial charge >= 0.3 is 5.97 Å². The number of aromatic nitrogens is 2. The Labute approximate surface area is 107 Å². The zero-order chi connectivity index (χ0) is 13.1. The van der Waals surface area contributed by atoms with Crippen LogP contribution in [0.2, 0.25) is 0 Å². The normalized spacial score (nSPS) is 10.3. The van der Waals surface area contributed by atoms with Crippen molar-refractivity contribution in [3.63, 3.8) is 0 Å². The second kappa shape index (κ2) is 5.05. The van der Waals surface area contributed by atoms with Gasteiger partial charge < -0.3 is 20.3 Å². The average molecular weight is 268 g/mol. The minimum atomic E-state index is -0.445. The van der Waals surface area contributed by atoms with Gasteiger partial charge in [0.2, 0.25) is 5.89 Å². The number of carbonyl (C=O) groups is 1. The number of esters is 1. The van der Waals surface area contributed by atoms with Crippen molar-refractivity contribution in [2.45, 2.75) is 13.5 Å². The number of nitrogen functional groups attached to an aromatic ring is 1. The molecule has 0 bridgehead atoms. The summed E-state index contributed by atoms with van der Waals surface area (Å²) in [6.07, 6.45) is 0. The number of hydrogen-bond donors (Lipinski definition) is 2. The number of ether oxygens (including phenoxy) is 1. The highest BCUT2D eigenvalue weighted by molar-refractivity contribution is 7.18. The smallest absolute Gasteiger partial charge is 0.350 e. The molecule has 8 heteroatoms. The minimum absolute atomic E-state index is 0.376. The fourth-order valence-corrected chi connectivity index (χ4v) is 2.21. The average Bonchev–Trinajstić information content (AvgIpc) is 2.92. The van der Waals surface area contributed by atoms with E-state index in [-0.39, 0.29) is 0 Å². The van der Waals surface area contributed by atoms with Crippen molar-refractivity contribution in [3.8, 4) is 0 Å². The Kier molecular flexibility index (Phi) is 3.47. The molecule has 2 aromatic heterocycles. The predicted molar refractivity (Wildman–Crippen MR) is 66.4 cm³/mol. The maximum Gasteiger partial charge on any atom is 0.350 e. The lowest BCUT2D eigenvalue weighted by atomic mass is 10.4. The molecule has 0 fully saturated rings. The maximum absolute atomic E-state index is 11.4. The number of thiophene rings is 1. The largest absolute Gasteiger partial charge is 0.465 e. The zero-order valence-electron chi connectivity index (χ0n) is 9.89. The van der Waals surface area contributed by atoms with Crippen LogP contribution in [0.5, 0.6) is 0 Å². The van der Waals surface area contributed by atoms with Gasteiger partial charge in [-0.1, -0.05) is 5.16 Å². The molecule has 0 unspecified atom stereocenters. The van der Waals surface area contributed by atoms with E-state index in [1.54, 1.807) is 13.0 Å². The molecule has 0 aromatic carbocycles. The van der Waals surface area contributed by atoms with Gasteiger partial charge in [0.1, 0.15) is 4.88 Å². The summed E-state index contributed by atoms with van der Waals surface area (Å²) in [5.74, 6) is 0.603. The fourth-order valence-electron chi connectivity index (χ4n) is 1.32. The molecule has 0 radical (unpaired) electrons. The Morgan fingerprint density at radius 1 is 1.67 bits per heavy atom. The van der Waals surface area contributed by atoms with Gasteiger partial charge in [-0.25, -0.2) is 4.79 Å². The number of nitrogens with two attached hydrogens (primary N) is 1. The molecule has 96 valence electrons. The number of aryl methyl sites for hydroxylation is 1. The third-order valence-electron chi connectivity index (χ3n) is 2.12. The van der Waals surface area contributed by atoms with Crippen molar-refractivity contribution in [3.05, 3.63) is 22.7 Å². The second-order valence-corrected chi connectivity index (χ2v) is 4.53. The Balaban J connectivity index is 2.04. The van der Waals surface area contributed by atoms with E-state index in [2.05, 4.69) is 20.2 Å². The molecule has 0 spiro atoms. The number of nitrogens with one attached hydrogen (secondary N) is 1. The molecular weight excluding hydrogens is 256 g/mol. The van der Waals surface area contributed by atoms with E-state index in [1.165, 1.54) is 18.4 Å². The fraction of sp³-hybridized carbons (Fsp3) is 0.300. The van der Waals surface area contributed by atoms with Crippen LogP contribution in [-0.2, 0) is 11.3 Å². The molecule has 2 aromatic rings. The van der Waals surface area contributed by atoms with E-state index in [4.69, 9.17) is 10.3 Å². The lowest BCUT2D eigenvalue weighted by Gasteiger charge is -1.97. The summed E-state index contributed by atoms with van der Waals surface area (Å²) in [6, 6.07) is 1.67. The van der Waals surface area contributed by atoms with Crippen molar-refractivity contribution in [1.29, 1.82) is 0 Å². The van der Waals surface area contributed by atoms with Crippen LogP contribution in [0.1, 0.15) is 21.4 Å². The third kappa shape index (κ3) is 2.59. The molecule has 2 heterocycles. The summed E-state index contributed by atoms with van der Waals surface area (Å²) in [5.41, 5.74) is 6.09. The topological polar surface area (TPSA) is 103 Å². The number of carbonyl (C=O) groups excluding carboxylic acids is 1. The predicted octanol–water partition coefficient (Wildman–Crippen LogP) is 1.42. The number of rotatable bonds is 4. The highest BCUT2D eigenvalue weighted by Gasteiger charge is 2.15. The third-order valence-corrected chi connectivity index (χ3v) is 3.20. The van der Waals surface area contributed by atoms with E-state index in [0.717, 1.165) is 5.00 Å². The molecule has 0 saturated carbocycles. The van der Waals surface area contributed by atoms with E-state index in [9.17, 15) is 4.79 Å².